The first-order valence-electron chi connectivity index (χ1n) is 10.1. The van der Waals surface area contributed by atoms with E-state index in [1.165, 1.54) is 0 Å². The van der Waals surface area contributed by atoms with E-state index in [2.05, 4.69) is 10.00 Å². The van der Waals surface area contributed by atoms with Crippen LogP contribution in [-0.4, -0.2) is 95.3 Å². The molecule has 2 aliphatic heterocycles. The highest BCUT2D eigenvalue weighted by molar-refractivity contribution is 5.81. The molecule has 2 amide bonds. The van der Waals surface area contributed by atoms with Gasteiger partial charge in [0.05, 0.1) is 30.5 Å². The van der Waals surface area contributed by atoms with Gasteiger partial charge in [0, 0.05) is 39.3 Å². The molecule has 0 radical (unpaired) electrons. The molecule has 2 aromatic rings. The molecule has 0 aliphatic carbocycles. The Hall–Kier alpha value is -2.98. The molecule has 2 fully saturated rings. The summed E-state index contributed by atoms with van der Waals surface area (Å²) in [6, 6.07) is 6.52. The maximum atomic E-state index is 12.7. The molecule has 0 bridgehead atoms. The van der Waals surface area contributed by atoms with Gasteiger partial charge in [0.1, 0.15) is 6.54 Å². The fraction of sp³-hybridized carbons (Fsp3) is 0.500. The van der Waals surface area contributed by atoms with Crippen LogP contribution in [0.3, 0.4) is 0 Å². The van der Waals surface area contributed by atoms with Crippen molar-refractivity contribution in [3.8, 4) is 0 Å². The number of carbonyl (C=O) groups is 2. The van der Waals surface area contributed by atoms with Crippen LogP contribution >= 0.6 is 0 Å². The third-order valence-electron chi connectivity index (χ3n) is 5.62. The molecule has 1 aromatic carbocycles. The van der Waals surface area contributed by atoms with Crippen LogP contribution in [0.15, 0.2) is 33.9 Å². The van der Waals surface area contributed by atoms with Gasteiger partial charge in [-0.2, -0.15) is 0 Å². The normalized spacial score (nSPS) is 18.0. The van der Waals surface area contributed by atoms with Crippen LogP contribution in [0.1, 0.15) is 0 Å². The summed E-state index contributed by atoms with van der Waals surface area (Å²) in [5, 5.41) is 3.07. The molecule has 0 unspecified atom stereocenters. The minimum atomic E-state index is -0.406. The number of benzene rings is 1. The molecule has 2 saturated heterocycles. The zero-order chi connectivity index (χ0) is 21.1. The molecule has 4 rings (SSSR count). The van der Waals surface area contributed by atoms with Crippen LogP contribution in [-0.2, 0) is 20.9 Å². The van der Waals surface area contributed by atoms with Crippen molar-refractivity contribution in [2.75, 3.05) is 59.0 Å². The predicted octanol–water partition coefficient (Wildman–Crippen LogP) is -1.31. The zero-order valence-electron chi connectivity index (χ0n) is 16.7. The van der Waals surface area contributed by atoms with Gasteiger partial charge in [-0.05, 0) is 12.1 Å². The van der Waals surface area contributed by atoms with Crippen molar-refractivity contribution in [2.24, 2.45) is 0 Å². The van der Waals surface area contributed by atoms with E-state index in [1.807, 2.05) is 0 Å². The minimum absolute atomic E-state index is 0.0547. The molecular weight excluding hydrogens is 390 g/mol. The van der Waals surface area contributed by atoms with Crippen molar-refractivity contribution in [3.05, 3.63) is 45.0 Å². The lowest BCUT2D eigenvalue weighted by molar-refractivity contribution is -0.141. The lowest BCUT2D eigenvalue weighted by Gasteiger charge is -2.36. The highest BCUT2D eigenvalue weighted by Gasteiger charge is 2.26. The van der Waals surface area contributed by atoms with Gasteiger partial charge in [-0.3, -0.25) is 29.2 Å². The van der Waals surface area contributed by atoms with E-state index in [0.29, 0.717) is 51.3 Å². The van der Waals surface area contributed by atoms with Crippen molar-refractivity contribution in [2.45, 2.75) is 6.54 Å². The summed E-state index contributed by atoms with van der Waals surface area (Å²) in [4.78, 5) is 55.4. The average Bonchev–Trinajstić information content (AvgIpc) is 2.78. The summed E-state index contributed by atoms with van der Waals surface area (Å²) in [5.41, 5.74) is -0.811. The number of rotatable bonds is 4. The molecule has 1 aromatic heterocycles. The van der Waals surface area contributed by atoms with Gasteiger partial charge in [-0.1, -0.05) is 12.1 Å². The predicted molar refractivity (Wildman–Crippen MR) is 109 cm³/mol. The summed E-state index contributed by atoms with van der Waals surface area (Å²) >= 11 is 0. The summed E-state index contributed by atoms with van der Waals surface area (Å²) in [6.45, 7) is 4.64. The molecular formula is C20H25N5O5. The first-order valence-corrected chi connectivity index (χ1v) is 10.1. The number of fused-ring (bicyclic) bond motifs is 1. The van der Waals surface area contributed by atoms with Gasteiger partial charge >= 0.3 is 0 Å². The van der Waals surface area contributed by atoms with Gasteiger partial charge in [0.25, 0.3) is 11.1 Å². The third-order valence-corrected chi connectivity index (χ3v) is 5.62. The summed E-state index contributed by atoms with van der Waals surface area (Å²) in [7, 11) is 0. The van der Waals surface area contributed by atoms with Crippen molar-refractivity contribution in [3.63, 3.8) is 0 Å². The molecule has 1 N–H and O–H groups in total. The number of ether oxygens (including phenoxy) is 1. The number of carbonyl (C=O) groups excluding carboxylic acids is 2. The number of hydrogen-bond donors (Lipinski definition) is 1. The minimum Gasteiger partial charge on any atom is -0.379 e. The van der Waals surface area contributed by atoms with E-state index >= 15 is 0 Å². The first kappa shape index (κ1) is 20.3. The van der Waals surface area contributed by atoms with E-state index < -0.39 is 11.1 Å². The van der Waals surface area contributed by atoms with E-state index in [-0.39, 0.29) is 23.7 Å². The van der Waals surface area contributed by atoms with E-state index in [9.17, 15) is 19.2 Å². The Bertz CT molecular complexity index is 1050. The molecule has 3 heterocycles. The van der Waals surface area contributed by atoms with Crippen molar-refractivity contribution < 1.29 is 14.3 Å². The Morgan fingerprint density at radius 1 is 0.833 bits per heavy atom. The molecule has 30 heavy (non-hydrogen) atoms. The number of amides is 2. The van der Waals surface area contributed by atoms with Crippen LogP contribution < -0.4 is 11.1 Å². The smallest absolute Gasteiger partial charge is 0.273 e. The lowest BCUT2D eigenvalue weighted by Crippen LogP contribution is -2.54. The quantitative estimate of drug-likeness (QED) is 0.665. The van der Waals surface area contributed by atoms with Gasteiger partial charge in [0.2, 0.25) is 11.8 Å². The summed E-state index contributed by atoms with van der Waals surface area (Å²) < 4.78 is 6.36. The molecule has 10 heteroatoms. The van der Waals surface area contributed by atoms with E-state index in [4.69, 9.17) is 4.74 Å². The van der Waals surface area contributed by atoms with Crippen molar-refractivity contribution in [1.82, 2.24) is 24.5 Å². The second kappa shape index (κ2) is 8.80. The number of morpholine rings is 1. The topological polar surface area (TPSA) is 108 Å². The Morgan fingerprint density at radius 2 is 1.40 bits per heavy atom. The maximum absolute atomic E-state index is 12.7. The molecule has 0 atom stereocenters. The monoisotopic (exact) mass is 415 g/mol. The zero-order valence-corrected chi connectivity index (χ0v) is 16.7. The molecule has 0 saturated carbocycles. The van der Waals surface area contributed by atoms with E-state index in [1.54, 1.807) is 34.1 Å². The van der Waals surface area contributed by atoms with Gasteiger partial charge in [0.15, 0.2) is 0 Å². The Labute approximate surface area is 172 Å². The Balaban J connectivity index is 1.35. The Morgan fingerprint density at radius 3 is 2.03 bits per heavy atom. The number of nitrogens with zero attached hydrogens (tertiary/aromatic N) is 4. The van der Waals surface area contributed by atoms with Crippen LogP contribution in [0.5, 0.6) is 0 Å². The Kier molecular flexibility index (Phi) is 5.96. The lowest BCUT2D eigenvalue weighted by atomic mass is 10.2. The van der Waals surface area contributed by atoms with Crippen molar-refractivity contribution in [1.29, 1.82) is 0 Å². The number of nitrogens with one attached hydrogen (secondary N) is 1. The molecule has 2 aliphatic rings. The van der Waals surface area contributed by atoms with Gasteiger partial charge < -0.3 is 14.5 Å². The van der Waals surface area contributed by atoms with Crippen LogP contribution in [0.2, 0.25) is 0 Å². The molecule has 160 valence electrons. The highest BCUT2D eigenvalue weighted by atomic mass is 16.5. The van der Waals surface area contributed by atoms with Gasteiger partial charge in [-0.25, -0.2) is 4.68 Å². The second-order valence-electron chi connectivity index (χ2n) is 7.53. The first-order chi connectivity index (χ1) is 14.5. The second-order valence-corrected chi connectivity index (χ2v) is 7.53. The number of aromatic nitrogens is 2. The molecule has 0 spiro atoms. The average molecular weight is 415 g/mol. The number of piperazine rings is 1. The van der Waals surface area contributed by atoms with Crippen LogP contribution in [0.4, 0.5) is 0 Å². The van der Waals surface area contributed by atoms with Crippen LogP contribution in [0, 0.1) is 0 Å². The maximum Gasteiger partial charge on any atom is 0.273 e. The fourth-order valence-electron chi connectivity index (χ4n) is 3.85. The molecule has 10 nitrogen and oxygen atoms in total. The summed E-state index contributed by atoms with van der Waals surface area (Å²) in [5.74, 6) is -0.206. The highest BCUT2D eigenvalue weighted by Crippen LogP contribution is 2.06. The van der Waals surface area contributed by atoms with Gasteiger partial charge in [-0.15, -0.1) is 0 Å². The van der Waals surface area contributed by atoms with E-state index in [0.717, 1.165) is 17.8 Å². The number of hydrogen-bond acceptors (Lipinski definition) is 6. The summed E-state index contributed by atoms with van der Waals surface area (Å²) in [6.07, 6.45) is 0. The SMILES string of the molecule is O=C(CN1CCOCC1)N1CCN(C(=O)Cn2[nH]c(=O)c3ccccc3c2=O)CC1. The van der Waals surface area contributed by atoms with Crippen molar-refractivity contribution >= 4 is 22.6 Å². The van der Waals surface area contributed by atoms with Crippen LogP contribution in [0.25, 0.3) is 10.8 Å². The standard InChI is InChI=1S/C20H25N5O5/c26-17(13-22-9-11-30-12-10-22)23-5-7-24(8-6-23)18(27)14-25-20(29)16-4-2-1-3-15(16)19(28)21-25/h1-4H,5-14H2,(H,21,28). The largest absolute Gasteiger partial charge is 0.379 e. The fourth-order valence-corrected chi connectivity index (χ4v) is 3.85. The third kappa shape index (κ3) is 4.29. The number of aromatic amines is 1. The number of H-pyrrole nitrogens is 1.